The first-order chi connectivity index (χ1) is 10.1. The van der Waals surface area contributed by atoms with E-state index in [1.165, 1.54) is 0 Å². The zero-order valence-electron chi connectivity index (χ0n) is 11.6. The Morgan fingerprint density at radius 1 is 1.24 bits per heavy atom. The third-order valence-electron chi connectivity index (χ3n) is 3.28. The number of nitriles is 1. The number of carbonyl (C=O) groups is 1. The van der Waals surface area contributed by atoms with E-state index in [0.717, 1.165) is 21.3 Å². The fraction of sp³-hybridized carbons (Fsp3) is 0.176. The van der Waals surface area contributed by atoms with Crippen LogP contribution in [-0.2, 0) is 11.2 Å². The number of benzene rings is 2. The van der Waals surface area contributed by atoms with Crippen LogP contribution in [0.25, 0.3) is 0 Å². The van der Waals surface area contributed by atoms with E-state index in [1.807, 2.05) is 55.5 Å². The summed E-state index contributed by atoms with van der Waals surface area (Å²) in [6.45, 7) is 1.91. The van der Waals surface area contributed by atoms with Crippen LogP contribution in [0.15, 0.2) is 53.0 Å². The third-order valence-corrected chi connectivity index (χ3v) is 4.14. The van der Waals surface area contributed by atoms with E-state index in [-0.39, 0.29) is 5.91 Å². The maximum absolute atomic E-state index is 12.3. The number of anilines is 1. The van der Waals surface area contributed by atoms with Gasteiger partial charge in [-0.15, -0.1) is 0 Å². The summed E-state index contributed by atoms with van der Waals surface area (Å²) in [5.41, 5.74) is 2.65. The van der Waals surface area contributed by atoms with Crippen molar-refractivity contribution in [3.8, 4) is 6.07 Å². The molecule has 2 rings (SSSR count). The smallest absolute Gasteiger partial charge is 0.242 e. The number of hydrogen-bond donors (Lipinski definition) is 1. The van der Waals surface area contributed by atoms with Crippen LogP contribution in [0.3, 0.4) is 0 Å². The number of nitrogens with zero attached hydrogens (tertiary/aromatic N) is 1. The van der Waals surface area contributed by atoms with Crippen molar-refractivity contribution in [2.45, 2.75) is 13.3 Å². The molecule has 2 aromatic carbocycles. The molecule has 1 unspecified atom stereocenters. The van der Waals surface area contributed by atoms with Crippen molar-refractivity contribution in [2.75, 3.05) is 5.32 Å². The zero-order chi connectivity index (χ0) is 15.2. The molecule has 0 spiro atoms. The van der Waals surface area contributed by atoms with Crippen molar-refractivity contribution in [3.05, 3.63) is 64.1 Å². The molecule has 4 heteroatoms. The van der Waals surface area contributed by atoms with Gasteiger partial charge >= 0.3 is 0 Å². The lowest BCUT2D eigenvalue weighted by molar-refractivity contribution is -0.118. The molecule has 2 aromatic rings. The molecule has 1 atom stereocenters. The van der Waals surface area contributed by atoms with Gasteiger partial charge in [-0.1, -0.05) is 52.3 Å². The van der Waals surface area contributed by atoms with Crippen LogP contribution in [-0.4, -0.2) is 5.91 Å². The van der Waals surface area contributed by atoms with Crippen molar-refractivity contribution in [1.29, 1.82) is 5.26 Å². The molecule has 106 valence electrons. The highest BCUT2D eigenvalue weighted by molar-refractivity contribution is 9.10. The van der Waals surface area contributed by atoms with Crippen LogP contribution in [0.2, 0.25) is 0 Å². The monoisotopic (exact) mass is 342 g/mol. The molecular weight excluding hydrogens is 328 g/mol. The molecule has 0 bridgehead atoms. The van der Waals surface area contributed by atoms with Crippen LogP contribution in [0.5, 0.6) is 0 Å². The summed E-state index contributed by atoms with van der Waals surface area (Å²) < 4.78 is 0.928. The molecule has 0 radical (unpaired) electrons. The van der Waals surface area contributed by atoms with Crippen LogP contribution in [0.1, 0.15) is 11.1 Å². The van der Waals surface area contributed by atoms with E-state index in [1.54, 1.807) is 0 Å². The van der Waals surface area contributed by atoms with Crippen LogP contribution in [0, 0.1) is 24.2 Å². The maximum atomic E-state index is 12.3. The standard InChI is InChI=1S/C17H15BrN2O/c1-12-15(18)8-5-9-16(12)20-17(21)14(11-19)10-13-6-3-2-4-7-13/h2-9,14H,10H2,1H3,(H,20,21). The van der Waals surface area contributed by atoms with Gasteiger partial charge in [-0.05, 0) is 36.6 Å². The summed E-state index contributed by atoms with van der Waals surface area (Å²) in [5.74, 6) is -0.978. The van der Waals surface area contributed by atoms with Crippen molar-refractivity contribution in [1.82, 2.24) is 0 Å². The van der Waals surface area contributed by atoms with Gasteiger partial charge in [0.25, 0.3) is 0 Å². The molecule has 0 aliphatic carbocycles. The second kappa shape index (κ2) is 7.05. The molecule has 0 saturated heterocycles. The molecule has 0 saturated carbocycles. The molecule has 0 fully saturated rings. The summed E-state index contributed by atoms with van der Waals surface area (Å²) in [7, 11) is 0. The summed E-state index contributed by atoms with van der Waals surface area (Å²) in [5, 5.41) is 12.1. The fourth-order valence-electron chi connectivity index (χ4n) is 2.01. The van der Waals surface area contributed by atoms with Crippen LogP contribution in [0.4, 0.5) is 5.69 Å². The minimum Gasteiger partial charge on any atom is -0.325 e. The van der Waals surface area contributed by atoms with Gasteiger partial charge in [-0.25, -0.2) is 0 Å². The maximum Gasteiger partial charge on any atom is 0.242 e. The van der Waals surface area contributed by atoms with Gasteiger partial charge in [0.05, 0.1) is 6.07 Å². The highest BCUT2D eigenvalue weighted by Gasteiger charge is 2.19. The Morgan fingerprint density at radius 2 is 1.95 bits per heavy atom. The van der Waals surface area contributed by atoms with E-state index in [9.17, 15) is 10.1 Å². The lowest BCUT2D eigenvalue weighted by atomic mass is 9.99. The molecule has 0 aromatic heterocycles. The largest absolute Gasteiger partial charge is 0.325 e. The summed E-state index contributed by atoms with van der Waals surface area (Å²) in [4.78, 5) is 12.3. The van der Waals surface area contributed by atoms with Crippen molar-refractivity contribution < 1.29 is 4.79 Å². The molecule has 0 heterocycles. The zero-order valence-corrected chi connectivity index (χ0v) is 13.2. The number of rotatable bonds is 4. The van der Waals surface area contributed by atoms with Gasteiger partial charge in [0.1, 0.15) is 5.92 Å². The van der Waals surface area contributed by atoms with E-state index in [2.05, 4.69) is 27.3 Å². The first-order valence-corrected chi connectivity index (χ1v) is 7.40. The summed E-state index contributed by atoms with van der Waals surface area (Å²) in [6.07, 6.45) is 0.413. The topological polar surface area (TPSA) is 52.9 Å². The SMILES string of the molecule is Cc1c(Br)cccc1NC(=O)C(C#N)Cc1ccccc1. The number of nitrogens with one attached hydrogen (secondary N) is 1. The number of hydrogen-bond acceptors (Lipinski definition) is 2. The lowest BCUT2D eigenvalue weighted by Crippen LogP contribution is -2.23. The van der Waals surface area contributed by atoms with Crippen molar-refractivity contribution in [2.24, 2.45) is 5.92 Å². The lowest BCUT2D eigenvalue weighted by Gasteiger charge is -2.13. The van der Waals surface area contributed by atoms with Crippen molar-refractivity contribution >= 4 is 27.5 Å². The number of amides is 1. The van der Waals surface area contributed by atoms with Gasteiger partial charge in [-0.3, -0.25) is 4.79 Å². The van der Waals surface area contributed by atoms with Gasteiger partial charge in [-0.2, -0.15) is 5.26 Å². The Labute approximate surface area is 132 Å². The molecule has 1 N–H and O–H groups in total. The summed E-state index contributed by atoms with van der Waals surface area (Å²) in [6, 6.07) is 17.2. The Bertz CT molecular complexity index is 677. The highest BCUT2D eigenvalue weighted by Crippen LogP contribution is 2.24. The van der Waals surface area contributed by atoms with Gasteiger partial charge in [0.15, 0.2) is 0 Å². The van der Waals surface area contributed by atoms with Crippen LogP contribution < -0.4 is 5.32 Å². The first-order valence-electron chi connectivity index (χ1n) is 6.61. The van der Waals surface area contributed by atoms with Gasteiger partial charge in [0.2, 0.25) is 5.91 Å². The summed E-state index contributed by atoms with van der Waals surface area (Å²) >= 11 is 3.43. The minimum absolute atomic E-state index is 0.275. The minimum atomic E-state index is -0.703. The predicted molar refractivity (Wildman–Crippen MR) is 86.8 cm³/mol. The molecule has 1 amide bonds. The first kappa shape index (κ1) is 15.3. The molecule has 0 aliphatic heterocycles. The molecule has 3 nitrogen and oxygen atoms in total. The van der Waals surface area contributed by atoms with Crippen molar-refractivity contribution in [3.63, 3.8) is 0 Å². The molecular formula is C17H15BrN2O. The van der Waals surface area contributed by atoms with Crippen LogP contribution >= 0.6 is 15.9 Å². The Kier molecular flexibility index (Phi) is 5.13. The second-order valence-electron chi connectivity index (χ2n) is 4.77. The molecule has 21 heavy (non-hydrogen) atoms. The Morgan fingerprint density at radius 3 is 2.62 bits per heavy atom. The van der Waals surface area contributed by atoms with Gasteiger partial charge < -0.3 is 5.32 Å². The average Bonchev–Trinajstić information content (AvgIpc) is 2.50. The predicted octanol–water partition coefficient (Wildman–Crippen LogP) is 4.08. The van der Waals surface area contributed by atoms with E-state index >= 15 is 0 Å². The number of halogens is 1. The third kappa shape index (κ3) is 3.93. The van der Waals surface area contributed by atoms with E-state index < -0.39 is 5.92 Å². The van der Waals surface area contributed by atoms with E-state index in [4.69, 9.17) is 0 Å². The Hall–Kier alpha value is -2.12. The average molecular weight is 343 g/mol. The quantitative estimate of drug-likeness (QED) is 0.909. The number of carbonyl (C=O) groups excluding carboxylic acids is 1. The molecule has 0 aliphatic rings. The van der Waals surface area contributed by atoms with E-state index in [0.29, 0.717) is 6.42 Å². The Balaban J connectivity index is 2.11. The fourth-order valence-corrected chi connectivity index (χ4v) is 2.38. The van der Waals surface area contributed by atoms with Gasteiger partial charge in [0, 0.05) is 10.2 Å². The second-order valence-corrected chi connectivity index (χ2v) is 5.63. The normalized spacial score (nSPS) is 11.5. The highest BCUT2D eigenvalue weighted by atomic mass is 79.9.